The number of rotatable bonds is 6. The Bertz CT molecular complexity index is 1200. The molecule has 1 N–H and O–H groups in total. The van der Waals surface area contributed by atoms with Gasteiger partial charge in [-0.3, -0.25) is 0 Å². The summed E-state index contributed by atoms with van der Waals surface area (Å²) in [6.45, 7) is 7.18. The second kappa shape index (κ2) is 7.36. The van der Waals surface area contributed by atoms with Crippen molar-refractivity contribution < 1.29 is 4.74 Å². The van der Waals surface area contributed by atoms with Gasteiger partial charge in [-0.2, -0.15) is 0 Å². The van der Waals surface area contributed by atoms with Crippen LogP contribution >= 0.6 is 0 Å². The fourth-order valence-corrected chi connectivity index (χ4v) is 4.51. The van der Waals surface area contributed by atoms with Crippen LogP contribution in [0, 0.1) is 12.8 Å². The first-order valence-corrected chi connectivity index (χ1v) is 10.5. The van der Waals surface area contributed by atoms with Crippen molar-refractivity contribution in [3.05, 3.63) is 36.5 Å². The summed E-state index contributed by atoms with van der Waals surface area (Å²) >= 11 is 0. The molecule has 30 heavy (non-hydrogen) atoms. The Morgan fingerprint density at radius 1 is 1.20 bits per heavy atom. The minimum Gasteiger partial charge on any atom is -0.384 e. The predicted molar refractivity (Wildman–Crippen MR) is 117 cm³/mol. The lowest BCUT2D eigenvalue weighted by Gasteiger charge is -2.35. The molecular formula is C22H27N7O. The minimum absolute atomic E-state index is 0.324. The quantitative estimate of drug-likeness (QED) is 0.524. The molecule has 0 amide bonds. The topological polar surface area (TPSA) is 82.2 Å². The third-order valence-electron chi connectivity index (χ3n) is 5.94. The van der Waals surface area contributed by atoms with Crippen LogP contribution < -0.4 is 5.32 Å². The second-order valence-electron chi connectivity index (χ2n) is 8.46. The molecule has 1 fully saturated rings. The summed E-state index contributed by atoms with van der Waals surface area (Å²) in [5.74, 6) is 2.28. The van der Waals surface area contributed by atoms with Crippen molar-refractivity contribution in [2.75, 3.05) is 19.0 Å². The minimum atomic E-state index is 0.324. The van der Waals surface area contributed by atoms with E-state index in [1.54, 1.807) is 7.11 Å². The molecule has 0 saturated heterocycles. The summed E-state index contributed by atoms with van der Waals surface area (Å²) in [4.78, 5) is 13.8. The summed E-state index contributed by atoms with van der Waals surface area (Å²) in [5, 5.41) is 8.08. The Morgan fingerprint density at radius 3 is 2.80 bits per heavy atom. The molecule has 0 radical (unpaired) electrons. The maximum absolute atomic E-state index is 5.22. The summed E-state index contributed by atoms with van der Waals surface area (Å²) in [5.41, 5.74) is 4.89. The van der Waals surface area contributed by atoms with E-state index in [1.807, 2.05) is 30.0 Å². The lowest BCUT2D eigenvalue weighted by molar-refractivity contribution is 0.104. The highest BCUT2D eigenvalue weighted by Gasteiger charge is 2.29. The first-order chi connectivity index (χ1) is 14.5. The van der Waals surface area contributed by atoms with Gasteiger partial charge in [0.2, 0.25) is 5.95 Å². The molecule has 156 valence electrons. The van der Waals surface area contributed by atoms with Crippen molar-refractivity contribution >= 4 is 22.6 Å². The standard InChI is InChI=1S/C22H27N7O/c1-13(2)29-14(3)25-21-19(29)9-16(10-23-21)18-5-6-28-20(18)11-24-22(27-28)26-17-7-15(8-17)12-30-4/h5-6,9-11,13,15,17H,7-8,12H2,1-4H3,(H,26,27)/t15-,17-. The van der Waals surface area contributed by atoms with Crippen molar-refractivity contribution in [2.24, 2.45) is 5.92 Å². The third-order valence-corrected chi connectivity index (χ3v) is 5.94. The summed E-state index contributed by atoms with van der Waals surface area (Å²) in [7, 11) is 1.76. The van der Waals surface area contributed by atoms with Gasteiger partial charge in [-0.25, -0.2) is 19.5 Å². The van der Waals surface area contributed by atoms with Gasteiger partial charge < -0.3 is 14.6 Å². The Kier molecular flexibility index (Phi) is 4.66. The zero-order chi connectivity index (χ0) is 20.8. The largest absolute Gasteiger partial charge is 0.384 e. The van der Waals surface area contributed by atoms with E-state index in [9.17, 15) is 0 Å². The lowest BCUT2D eigenvalue weighted by atomic mass is 9.81. The number of aryl methyl sites for hydroxylation is 1. The maximum Gasteiger partial charge on any atom is 0.241 e. The van der Waals surface area contributed by atoms with Gasteiger partial charge in [0.1, 0.15) is 5.82 Å². The average molecular weight is 406 g/mol. The highest BCUT2D eigenvalue weighted by molar-refractivity contribution is 5.85. The number of nitrogens with zero attached hydrogens (tertiary/aromatic N) is 6. The van der Waals surface area contributed by atoms with Crippen molar-refractivity contribution in [3.8, 4) is 11.1 Å². The van der Waals surface area contributed by atoms with Gasteiger partial charge in [-0.05, 0) is 51.7 Å². The maximum atomic E-state index is 5.22. The summed E-state index contributed by atoms with van der Waals surface area (Å²) in [6, 6.07) is 4.97. The van der Waals surface area contributed by atoms with E-state index in [0.29, 0.717) is 23.9 Å². The second-order valence-corrected chi connectivity index (χ2v) is 8.46. The molecule has 1 saturated carbocycles. The first-order valence-electron chi connectivity index (χ1n) is 10.5. The molecule has 0 atom stereocenters. The smallest absolute Gasteiger partial charge is 0.241 e. The number of hydrogen-bond donors (Lipinski definition) is 1. The number of methoxy groups -OCH3 is 1. The number of ether oxygens (including phenoxy) is 1. The van der Waals surface area contributed by atoms with Gasteiger partial charge in [0.25, 0.3) is 0 Å². The van der Waals surface area contributed by atoms with Crippen LogP contribution in [0.5, 0.6) is 0 Å². The molecular weight excluding hydrogens is 378 g/mol. The molecule has 4 aromatic rings. The van der Waals surface area contributed by atoms with E-state index in [-0.39, 0.29) is 0 Å². The fourth-order valence-electron chi connectivity index (χ4n) is 4.51. The van der Waals surface area contributed by atoms with Crippen LogP contribution in [0.2, 0.25) is 0 Å². The van der Waals surface area contributed by atoms with Crippen LogP contribution in [0.15, 0.2) is 30.7 Å². The number of pyridine rings is 1. The molecule has 4 aromatic heterocycles. The number of aromatic nitrogens is 6. The van der Waals surface area contributed by atoms with Gasteiger partial charge in [-0.15, -0.1) is 5.10 Å². The van der Waals surface area contributed by atoms with Crippen LogP contribution in [-0.4, -0.2) is 48.9 Å². The van der Waals surface area contributed by atoms with Crippen LogP contribution in [0.3, 0.4) is 0 Å². The number of imidazole rings is 1. The van der Waals surface area contributed by atoms with Crippen LogP contribution in [0.4, 0.5) is 5.95 Å². The van der Waals surface area contributed by atoms with E-state index in [1.165, 1.54) is 0 Å². The van der Waals surface area contributed by atoms with Crippen LogP contribution in [0.1, 0.15) is 38.6 Å². The number of fused-ring (bicyclic) bond motifs is 2. The average Bonchev–Trinajstić information content (AvgIpc) is 3.25. The molecule has 0 aliphatic heterocycles. The molecule has 4 heterocycles. The molecule has 1 aliphatic carbocycles. The Labute approximate surface area is 175 Å². The molecule has 0 unspecified atom stereocenters. The predicted octanol–water partition coefficient (Wildman–Crippen LogP) is 3.87. The van der Waals surface area contributed by atoms with Crippen molar-refractivity contribution in [1.29, 1.82) is 0 Å². The van der Waals surface area contributed by atoms with Gasteiger partial charge >= 0.3 is 0 Å². The van der Waals surface area contributed by atoms with E-state index >= 15 is 0 Å². The lowest BCUT2D eigenvalue weighted by Crippen LogP contribution is -2.38. The van der Waals surface area contributed by atoms with Crippen molar-refractivity contribution in [3.63, 3.8) is 0 Å². The Hall–Kier alpha value is -3.00. The SMILES string of the molecule is COC[C@H]1C[C@H](Nc2ncc3c(-c4cnc5nc(C)n(C(C)C)c5c4)ccn3n2)C1. The molecule has 1 aliphatic rings. The molecule has 8 nitrogen and oxygen atoms in total. The first kappa shape index (κ1) is 19.0. The summed E-state index contributed by atoms with van der Waals surface area (Å²) < 4.78 is 9.32. The van der Waals surface area contributed by atoms with Crippen molar-refractivity contribution in [1.82, 2.24) is 29.1 Å². The van der Waals surface area contributed by atoms with Gasteiger partial charge in [-0.1, -0.05) is 0 Å². The number of hydrogen-bond acceptors (Lipinski definition) is 6. The third kappa shape index (κ3) is 3.21. The van der Waals surface area contributed by atoms with Crippen molar-refractivity contribution in [2.45, 2.75) is 45.7 Å². The normalized spacial score (nSPS) is 19.0. The summed E-state index contributed by atoms with van der Waals surface area (Å²) in [6.07, 6.45) is 7.93. The number of anilines is 1. The van der Waals surface area contributed by atoms with Gasteiger partial charge in [0.05, 0.1) is 17.2 Å². The monoisotopic (exact) mass is 405 g/mol. The zero-order valence-electron chi connectivity index (χ0n) is 17.8. The van der Waals surface area contributed by atoms with Gasteiger partial charge in [0.15, 0.2) is 5.65 Å². The van der Waals surface area contributed by atoms with E-state index < -0.39 is 0 Å². The van der Waals surface area contributed by atoms with E-state index in [0.717, 1.165) is 53.1 Å². The zero-order valence-corrected chi connectivity index (χ0v) is 17.8. The highest BCUT2D eigenvalue weighted by Crippen LogP contribution is 2.31. The fraction of sp³-hybridized carbons (Fsp3) is 0.455. The van der Waals surface area contributed by atoms with Crippen LogP contribution in [-0.2, 0) is 4.74 Å². The highest BCUT2D eigenvalue weighted by atomic mass is 16.5. The molecule has 5 rings (SSSR count). The Balaban J connectivity index is 1.43. The molecule has 0 aromatic carbocycles. The van der Waals surface area contributed by atoms with Crippen LogP contribution in [0.25, 0.3) is 27.8 Å². The molecule has 0 bridgehead atoms. The Morgan fingerprint density at radius 2 is 2.03 bits per heavy atom. The van der Waals surface area contributed by atoms with Gasteiger partial charge in [0, 0.05) is 49.3 Å². The molecule has 0 spiro atoms. The number of nitrogens with one attached hydrogen (secondary N) is 1. The molecule has 8 heteroatoms. The van der Waals surface area contributed by atoms with E-state index in [2.05, 4.69) is 55.9 Å². The van der Waals surface area contributed by atoms with E-state index in [4.69, 9.17) is 4.74 Å².